The largest absolute Gasteiger partial charge is 0.388 e. The van der Waals surface area contributed by atoms with Crippen molar-refractivity contribution in [3.63, 3.8) is 0 Å². The average Bonchev–Trinajstić information content (AvgIpc) is 2.22. The second kappa shape index (κ2) is 4.87. The lowest BCUT2D eigenvalue weighted by molar-refractivity contribution is -0.0712. The molecule has 17 heavy (non-hydrogen) atoms. The summed E-state index contributed by atoms with van der Waals surface area (Å²) < 4.78 is 5.40. The first kappa shape index (κ1) is 14.9. The first-order valence-electron chi connectivity index (χ1n) is 6.63. The second-order valence-electron chi connectivity index (χ2n) is 7.04. The lowest BCUT2D eigenvalue weighted by Crippen LogP contribution is -2.54. The van der Waals surface area contributed by atoms with Crippen molar-refractivity contribution < 1.29 is 9.84 Å². The second-order valence-corrected chi connectivity index (χ2v) is 7.04. The summed E-state index contributed by atoms with van der Waals surface area (Å²) in [5, 5.41) is 10.7. The lowest BCUT2D eigenvalue weighted by Gasteiger charge is -2.45. The van der Waals surface area contributed by atoms with E-state index >= 15 is 0 Å². The first-order chi connectivity index (χ1) is 7.60. The van der Waals surface area contributed by atoms with Gasteiger partial charge < -0.3 is 15.6 Å². The van der Waals surface area contributed by atoms with Gasteiger partial charge in [0.2, 0.25) is 0 Å². The van der Waals surface area contributed by atoms with Crippen LogP contribution in [0.25, 0.3) is 0 Å². The molecule has 3 nitrogen and oxygen atoms in total. The highest BCUT2D eigenvalue weighted by atomic mass is 16.5. The van der Waals surface area contributed by atoms with Crippen molar-refractivity contribution >= 4 is 0 Å². The van der Waals surface area contributed by atoms with E-state index in [0.29, 0.717) is 0 Å². The Bertz CT molecular complexity index is 263. The minimum Gasteiger partial charge on any atom is -0.388 e. The maximum atomic E-state index is 10.7. The molecule has 0 aliphatic heterocycles. The normalized spacial score (nSPS) is 33.7. The zero-order chi connectivity index (χ0) is 13.3. The molecule has 1 rings (SSSR count). The van der Waals surface area contributed by atoms with Crippen LogP contribution in [0.3, 0.4) is 0 Å². The topological polar surface area (TPSA) is 55.5 Å². The van der Waals surface area contributed by atoms with E-state index in [1.807, 2.05) is 0 Å². The molecule has 0 saturated heterocycles. The third-order valence-electron chi connectivity index (χ3n) is 4.41. The molecule has 2 atom stereocenters. The third kappa shape index (κ3) is 3.94. The van der Waals surface area contributed by atoms with Gasteiger partial charge in [0, 0.05) is 13.2 Å². The van der Waals surface area contributed by atoms with E-state index in [0.717, 1.165) is 32.1 Å². The maximum Gasteiger partial charge on any atom is 0.0799 e. The Kier molecular flexibility index (Phi) is 4.28. The highest BCUT2D eigenvalue weighted by molar-refractivity contribution is 4.98. The summed E-state index contributed by atoms with van der Waals surface area (Å²) in [5.74, 6) is 0. The van der Waals surface area contributed by atoms with Gasteiger partial charge in [-0.3, -0.25) is 0 Å². The van der Waals surface area contributed by atoms with Gasteiger partial charge in [0.15, 0.2) is 0 Å². The molecule has 0 radical (unpaired) electrons. The number of rotatable bonds is 4. The number of hydrogen-bond donors (Lipinski definition) is 2. The number of ether oxygens (including phenoxy) is 1. The molecule has 1 aliphatic carbocycles. The number of hydrogen-bond acceptors (Lipinski definition) is 3. The molecule has 1 saturated carbocycles. The summed E-state index contributed by atoms with van der Waals surface area (Å²) in [6.45, 7) is 8.56. The smallest absolute Gasteiger partial charge is 0.0799 e. The summed E-state index contributed by atoms with van der Waals surface area (Å²) in [4.78, 5) is 0. The van der Waals surface area contributed by atoms with Crippen LogP contribution in [0, 0.1) is 5.41 Å². The van der Waals surface area contributed by atoms with Gasteiger partial charge >= 0.3 is 0 Å². The molecule has 3 heteroatoms. The zero-order valence-corrected chi connectivity index (χ0v) is 12.0. The highest BCUT2D eigenvalue weighted by Crippen LogP contribution is 2.42. The summed E-state index contributed by atoms with van der Waals surface area (Å²) in [7, 11) is 1.72. The summed E-state index contributed by atoms with van der Waals surface area (Å²) in [6, 6.07) is -0.112. The zero-order valence-electron chi connectivity index (χ0n) is 12.0. The number of methoxy groups -OCH3 is 1. The van der Waals surface area contributed by atoms with Crippen molar-refractivity contribution in [1.82, 2.24) is 0 Å². The Hall–Kier alpha value is -0.120. The molecule has 2 unspecified atom stereocenters. The highest BCUT2D eigenvalue weighted by Gasteiger charge is 2.43. The minimum absolute atomic E-state index is 0.112. The van der Waals surface area contributed by atoms with E-state index in [1.54, 1.807) is 7.11 Å². The summed E-state index contributed by atoms with van der Waals surface area (Å²) in [5.41, 5.74) is 5.55. The van der Waals surface area contributed by atoms with E-state index in [4.69, 9.17) is 10.5 Å². The van der Waals surface area contributed by atoms with Crippen LogP contribution in [-0.4, -0.2) is 29.5 Å². The molecule has 0 aromatic rings. The molecule has 0 spiro atoms. The Labute approximate surface area is 106 Å². The monoisotopic (exact) mass is 243 g/mol. The van der Waals surface area contributed by atoms with Crippen LogP contribution in [0.15, 0.2) is 0 Å². The van der Waals surface area contributed by atoms with Crippen molar-refractivity contribution in [1.29, 1.82) is 0 Å². The fourth-order valence-corrected chi connectivity index (χ4v) is 2.56. The average molecular weight is 243 g/mol. The minimum atomic E-state index is -0.703. The van der Waals surface area contributed by atoms with Gasteiger partial charge in [-0.1, -0.05) is 13.8 Å². The maximum absolute atomic E-state index is 10.7. The lowest BCUT2D eigenvalue weighted by atomic mass is 9.66. The van der Waals surface area contributed by atoms with Crippen molar-refractivity contribution in [2.75, 3.05) is 7.11 Å². The molecule has 1 aliphatic rings. The Balaban J connectivity index is 2.58. The molecule has 1 fully saturated rings. The molecule has 0 bridgehead atoms. The van der Waals surface area contributed by atoms with Crippen molar-refractivity contribution in [2.24, 2.45) is 11.1 Å². The van der Waals surface area contributed by atoms with Crippen LogP contribution in [-0.2, 0) is 4.74 Å². The number of nitrogens with two attached hydrogens (primary N) is 1. The molecule has 0 aromatic carbocycles. The van der Waals surface area contributed by atoms with E-state index in [2.05, 4.69) is 27.7 Å². The van der Waals surface area contributed by atoms with Crippen LogP contribution in [0.4, 0.5) is 0 Å². The molecular weight excluding hydrogens is 214 g/mol. The van der Waals surface area contributed by atoms with Gasteiger partial charge in [-0.15, -0.1) is 0 Å². The third-order valence-corrected chi connectivity index (χ3v) is 4.41. The van der Waals surface area contributed by atoms with E-state index in [9.17, 15) is 5.11 Å². The van der Waals surface area contributed by atoms with Gasteiger partial charge in [0.25, 0.3) is 0 Å². The van der Waals surface area contributed by atoms with Crippen molar-refractivity contribution in [3.8, 4) is 0 Å². The molecule has 0 heterocycles. The first-order valence-corrected chi connectivity index (χ1v) is 6.63. The Morgan fingerprint density at radius 2 is 1.94 bits per heavy atom. The van der Waals surface area contributed by atoms with E-state index < -0.39 is 5.60 Å². The van der Waals surface area contributed by atoms with Gasteiger partial charge in [-0.25, -0.2) is 0 Å². The van der Waals surface area contributed by atoms with Gasteiger partial charge in [0.05, 0.1) is 11.2 Å². The summed E-state index contributed by atoms with van der Waals surface area (Å²) >= 11 is 0. The SMILES string of the molecule is COC(C)(C)CCC1(O)CCC(C)(C)CC1N. The van der Waals surface area contributed by atoms with Crippen molar-refractivity contribution in [2.45, 2.75) is 77.0 Å². The van der Waals surface area contributed by atoms with Gasteiger partial charge in [-0.2, -0.15) is 0 Å². The van der Waals surface area contributed by atoms with Crippen LogP contribution >= 0.6 is 0 Å². The fourth-order valence-electron chi connectivity index (χ4n) is 2.56. The quantitative estimate of drug-likeness (QED) is 0.797. The van der Waals surface area contributed by atoms with Crippen LogP contribution in [0.1, 0.15) is 59.8 Å². The van der Waals surface area contributed by atoms with Crippen molar-refractivity contribution in [3.05, 3.63) is 0 Å². The van der Waals surface area contributed by atoms with Crippen LogP contribution in [0.2, 0.25) is 0 Å². The fraction of sp³-hybridized carbons (Fsp3) is 1.00. The van der Waals surface area contributed by atoms with Crippen LogP contribution in [0.5, 0.6) is 0 Å². The molecule has 3 N–H and O–H groups in total. The van der Waals surface area contributed by atoms with E-state index in [-0.39, 0.29) is 17.1 Å². The molecular formula is C14H29NO2. The Morgan fingerprint density at radius 3 is 2.41 bits per heavy atom. The van der Waals surface area contributed by atoms with Gasteiger partial charge in [-0.05, 0) is 51.4 Å². The molecule has 0 aromatic heterocycles. The summed E-state index contributed by atoms with van der Waals surface area (Å²) in [6.07, 6.45) is 4.32. The van der Waals surface area contributed by atoms with E-state index in [1.165, 1.54) is 0 Å². The Morgan fingerprint density at radius 1 is 1.35 bits per heavy atom. The number of aliphatic hydroxyl groups is 1. The van der Waals surface area contributed by atoms with Gasteiger partial charge in [0.1, 0.15) is 0 Å². The van der Waals surface area contributed by atoms with Crippen LogP contribution < -0.4 is 5.73 Å². The molecule has 102 valence electrons. The standard InChI is InChI=1S/C14H29NO2/c1-12(2)6-8-14(16,11(15)10-12)9-7-13(3,4)17-5/h11,16H,6-10,15H2,1-5H3. The molecule has 0 amide bonds. The predicted molar refractivity (Wildman–Crippen MR) is 70.9 cm³/mol. The predicted octanol–water partition coefficient (Wildman–Crippen LogP) is 2.46.